The molecule has 0 aliphatic rings. The molecular formula is C14H15F2NS. The van der Waals surface area contributed by atoms with E-state index in [1.807, 2.05) is 5.38 Å². The van der Waals surface area contributed by atoms with Gasteiger partial charge in [-0.3, -0.25) is 0 Å². The molecule has 0 atom stereocenters. The highest BCUT2D eigenvalue weighted by Crippen LogP contribution is 2.25. The molecule has 0 radical (unpaired) electrons. The minimum absolute atomic E-state index is 0.00388. The lowest BCUT2D eigenvalue weighted by Gasteiger charge is -2.14. The average Bonchev–Trinajstić information content (AvgIpc) is 2.70. The molecule has 2 rings (SSSR count). The molecular weight excluding hydrogens is 252 g/mol. The van der Waals surface area contributed by atoms with E-state index in [1.54, 1.807) is 0 Å². The van der Waals surface area contributed by atoms with Crippen LogP contribution < -0.4 is 0 Å². The van der Waals surface area contributed by atoms with E-state index in [0.717, 1.165) is 16.8 Å². The summed E-state index contributed by atoms with van der Waals surface area (Å²) in [5.41, 5.74) is 1.48. The van der Waals surface area contributed by atoms with E-state index in [9.17, 15) is 8.78 Å². The fourth-order valence-corrected chi connectivity index (χ4v) is 2.61. The first-order chi connectivity index (χ1) is 8.36. The summed E-state index contributed by atoms with van der Waals surface area (Å²) in [4.78, 5) is 4.50. The van der Waals surface area contributed by atoms with E-state index in [4.69, 9.17) is 0 Å². The number of benzene rings is 1. The Morgan fingerprint density at radius 2 is 1.94 bits per heavy atom. The van der Waals surface area contributed by atoms with Gasteiger partial charge in [-0.05, 0) is 11.6 Å². The van der Waals surface area contributed by atoms with Crippen LogP contribution in [0, 0.1) is 11.6 Å². The lowest BCUT2D eigenvalue weighted by molar-refractivity contribution is 0.568. The molecule has 0 aliphatic carbocycles. The monoisotopic (exact) mass is 267 g/mol. The Labute approximate surface area is 110 Å². The Hall–Kier alpha value is -1.29. The van der Waals surface area contributed by atoms with Crippen LogP contribution in [0.1, 0.15) is 37.0 Å². The van der Waals surface area contributed by atoms with Crippen LogP contribution >= 0.6 is 11.3 Å². The highest BCUT2D eigenvalue weighted by molar-refractivity contribution is 7.09. The molecule has 0 bridgehead atoms. The fraction of sp³-hybridized carbons (Fsp3) is 0.357. The Morgan fingerprint density at radius 1 is 1.22 bits per heavy atom. The minimum Gasteiger partial charge on any atom is -0.245 e. The van der Waals surface area contributed by atoms with Gasteiger partial charge in [0, 0.05) is 23.3 Å². The zero-order valence-electron chi connectivity index (χ0n) is 10.6. The molecule has 0 N–H and O–H groups in total. The summed E-state index contributed by atoms with van der Waals surface area (Å²) >= 11 is 1.51. The number of rotatable bonds is 2. The summed E-state index contributed by atoms with van der Waals surface area (Å²) in [5.74, 6) is -1.06. The number of hydrogen-bond donors (Lipinski definition) is 0. The second-order valence-electron chi connectivity index (χ2n) is 5.29. The third kappa shape index (κ3) is 2.93. The molecule has 0 fully saturated rings. The Balaban J connectivity index is 2.21. The number of halogens is 2. The standard InChI is InChI=1S/C14H15F2NS/c1-14(2,3)12-8-18-13(17-12)6-9-4-5-10(15)7-11(9)16/h4-5,7-8H,6H2,1-3H3. The maximum Gasteiger partial charge on any atom is 0.129 e. The molecule has 4 heteroatoms. The van der Waals surface area contributed by atoms with Crippen LogP contribution in [0.3, 0.4) is 0 Å². The molecule has 1 aromatic heterocycles. The highest BCUT2D eigenvalue weighted by atomic mass is 32.1. The Morgan fingerprint density at radius 3 is 2.50 bits per heavy atom. The van der Waals surface area contributed by atoms with E-state index in [1.165, 1.54) is 23.5 Å². The summed E-state index contributed by atoms with van der Waals surface area (Å²) in [7, 11) is 0. The zero-order chi connectivity index (χ0) is 13.3. The van der Waals surface area contributed by atoms with Gasteiger partial charge in [-0.25, -0.2) is 13.8 Å². The van der Waals surface area contributed by atoms with Gasteiger partial charge < -0.3 is 0 Å². The molecule has 0 spiro atoms. The molecule has 0 unspecified atom stereocenters. The van der Waals surface area contributed by atoms with Gasteiger partial charge in [0.2, 0.25) is 0 Å². The molecule has 96 valence electrons. The van der Waals surface area contributed by atoms with Gasteiger partial charge in [-0.2, -0.15) is 0 Å². The van der Waals surface area contributed by atoms with E-state index in [0.29, 0.717) is 12.0 Å². The SMILES string of the molecule is CC(C)(C)c1csc(Cc2ccc(F)cc2F)n1. The van der Waals surface area contributed by atoms with Crippen molar-refractivity contribution in [2.24, 2.45) is 0 Å². The first-order valence-electron chi connectivity index (χ1n) is 5.75. The van der Waals surface area contributed by atoms with Gasteiger partial charge in [0.05, 0.1) is 10.7 Å². The second-order valence-corrected chi connectivity index (χ2v) is 6.23. The topological polar surface area (TPSA) is 12.9 Å². The van der Waals surface area contributed by atoms with Gasteiger partial charge in [0.1, 0.15) is 11.6 Å². The fourth-order valence-electron chi connectivity index (χ4n) is 1.56. The molecule has 1 nitrogen and oxygen atoms in total. The lowest BCUT2D eigenvalue weighted by atomic mass is 9.93. The summed E-state index contributed by atoms with van der Waals surface area (Å²) in [5, 5.41) is 2.85. The number of thiazole rings is 1. The van der Waals surface area contributed by atoms with Crippen molar-refractivity contribution >= 4 is 11.3 Å². The van der Waals surface area contributed by atoms with Crippen molar-refractivity contribution in [3.63, 3.8) is 0 Å². The largest absolute Gasteiger partial charge is 0.245 e. The third-order valence-electron chi connectivity index (χ3n) is 2.68. The molecule has 18 heavy (non-hydrogen) atoms. The lowest BCUT2D eigenvalue weighted by Crippen LogP contribution is -2.11. The van der Waals surface area contributed by atoms with Gasteiger partial charge >= 0.3 is 0 Å². The first-order valence-corrected chi connectivity index (χ1v) is 6.63. The smallest absolute Gasteiger partial charge is 0.129 e. The predicted molar refractivity (Wildman–Crippen MR) is 70.0 cm³/mol. The van der Waals surface area contributed by atoms with E-state index in [-0.39, 0.29) is 5.41 Å². The van der Waals surface area contributed by atoms with Crippen molar-refractivity contribution in [1.82, 2.24) is 4.98 Å². The van der Waals surface area contributed by atoms with Gasteiger partial charge in [0.15, 0.2) is 0 Å². The second kappa shape index (κ2) is 4.76. The van der Waals surface area contributed by atoms with Gasteiger partial charge in [0.25, 0.3) is 0 Å². The van der Waals surface area contributed by atoms with Crippen molar-refractivity contribution in [3.05, 3.63) is 51.5 Å². The van der Waals surface area contributed by atoms with Crippen LogP contribution in [0.5, 0.6) is 0 Å². The Kier molecular flexibility index (Phi) is 3.48. The molecule has 0 aliphatic heterocycles. The number of hydrogen-bond acceptors (Lipinski definition) is 2. The maximum absolute atomic E-state index is 13.5. The molecule has 1 heterocycles. The molecule has 2 aromatic rings. The quantitative estimate of drug-likeness (QED) is 0.790. The molecule has 0 saturated carbocycles. The molecule has 0 amide bonds. The van der Waals surface area contributed by atoms with Crippen LogP contribution in [0.4, 0.5) is 8.78 Å². The van der Waals surface area contributed by atoms with Crippen molar-refractivity contribution in [2.45, 2.75) is 32.6 Å². The number of nitrogens with zero attached hydrogens (tertiary/aromatic N) is 1. The summed E-state index contributed by atoms with van der Waals surface area (Å²) in [6.07, 6.45) is 0.410. The van der Waals surface area contributed by atoms with Crippen LogP contribution in [-0.2, 0) is 11.8 Å². The summed E-state index contributed by atoms with van der Waals surface area (Å²) < 4.78 is 26.3. The normalized spacial score (nSPS) is 11.8. The van der Waals surface area contributed by atoms with Crippen molar-refractivity contribution < 1.29 is 8.78 Å². The van der Waals surface area contributed by atoms with Crippen LogP contribution in [-0.4, -0.2) is 4.98 Å². The van der Waals surface area contributed by atoms with Gasteiger partial charge in [-0.1, -0.05) is 26.8 Å². The predicted octanol–water partition coefficient (Wildman–Crippen LogP) is 4.31. The van der Waals surface area contributed by atoms with Crippen LogP contribution in [0.15, 0.2) is 23.6 Å². The van der Waals surface area contributed by atoms with Crippen molar-refractivity contribution in [3.8, 4) is 0 Å². The molecule has 0 saturated heterocycles. The molecule has 1 aromatic carbocycles. The van der Waals surface area contributed by atoms with Gasteiger partial charge in [-0.15, -0.1) is 11.3 Å². The van der Waals surface area contributed by atoms with E-state index >= 15 is 0 Å². The highest BCUT2D eigenvalue weighted by Gasteiger charge is 2.17. The summed E-state index contributed by atoms with van der Waals surface area (Å²) in [6, 6.07) is 3.66. The minimum atomic E-state index is -0.550. The summed E-state index contributed by atoms with van der Waals surface area (Å²) in [6.45, 7) is 6.26. The Bertz CT molecular complexity index is 555. The average molecular weight is 267 g/mol. The van der Waals surface area contributed by atoms with Crippen LogP contribution in [0.2, 0.25) is 0 Å². The van der Waals surface area contributed by atoms with Crippen molar-refractivity contribution in [2.75, 3.05) is 0 Å². The zero-order valence-corrected chi connectivity index (χ0v) is 11.4. The number of aromatic nitrogens is 1. The maximum atomic E-state index is 13.5. The van der Waals surface area contributed by atoms with Crippen molar-refractivity contribution in [1.29, 1.82) is 0 Å². The van der Waals surface area contributed by atoms with Crippen LogP contribution in [0.25, 0.3) is 0 Å². The van der Waals surface area contributed by atoms with E-state index in [2.05, 4.69) is 25.8 Å². The van der Waals surface area contributed by atoms with E-state index < -0.39 is 11.6 Å². The first kappa shape index (κ1) is 13.1. The third-order valence-corrected chi connectivity index (χ3v) is 3.53.